The average molecular weight is 459 g/mol. The van der Waals surface area contributed by atoms with E-state index in [0.29, 0.717) is 11.3 Å². The molecular weight excluding hydrogens is 435 g/mol. The summed E-state index contributed by atoms with van der Waals surface area (Å²) >= 11 is 0. The van der Waals surface area contributed by atoms with E-state index < -0.39 is 28.3 Å². The molecule has 1 amide bonds. The van der Waals surface area contributed by atoms with Crippen LogP contribution in [0.5, 0.6) is 11.5 Å². The number of benzene rings is 3. The number of halogens is 1. The first-order valence-electron chi connectivity index (χ1n) is 9.65. The standard InChI is InChI=1S/C23H23FN2O5S/c1-30-21-12-11-20(14-22(21)31-2)32(28,29)26(15-17-7-4-3-5-8-17)16-23(27)25-19-10-6-9-18(24)13-19/h3-14H,15-16H2,1-2H3,(H,25,27). The summed E-state index contributed by atoms with van der Waals surface area (Å²) in [6.07, 6.45) is 0. The van der Waals surface area contributed by atoms with Crippen molar-refractivity contribution in [3.05, 3.63) is 84.2 Å². The van der Waals surface area contributed by atoms with E-state index in [1.807, 2.05) is 6.07 Å². The molecule has 0 aliphatic heterocycles. The van der Waals surface area contributed by atoms with Gasteiger partial charge in [-0.05, 0) is 35.9 Å². The first-order chi connectivity index (χ1) is 15.3. The Bertz CT molecular complexity index is 1190. The first-order valence-corrected chi connectivity index (χ1v) is 11.1. The fourth-order valence-corrected chi connectivity index (χ4v) is 4.47. The van der Waals surface area contributed by atoms with Gasteiger partial charge in [-0.25, -0.2) is 12.8 Å². The molecule has 0 heterocycles. The van der Waals surface area contributed by atoms with E-state index in [0.717, 1.165) is 10.4 Å². The van der Waals surface area contributed by atoms with Gasteiger partial charge in [0.15, 0.2) is 11.5 Å². The number of sulfonamides is 1. The molecule has 0 aromatic heterocycles. The molecule has 168 valence electrons. The van der Waals surface area contributed by atoms with E-state index in [2.05, 4.69) is 5.32 Å². The molecule has 0 saturated heterocycles. The number of nitrogens with zero attached hydrogens (tertiary/aromatic N) is 1. The molecule has 0 aliphatic carbocycles. The Morgan fingerprint density at radius 1 is 0.938 bits per heavy atom. The molecule has 0 unspecified atom stereocenters. The summed E-state index contributed by atoms with van der Waals surface area (Å²) in [5, 5.41) is 2.53. The van der Waals surface area contributed by atoms with Crippen molar-refractivity contribution < 1.29 is 27.1 Å². The molecule has 1 N–H and O–H groups in total. The number of hydrogen-bond acceptors (Lipinski definition) is 5. The zero-order valence-electron chi connectivity index (χ0n) is 17.6. The van der Waals surface area contributed by atoms with Crippen LogP contribution in [0.4, 0.5) is 10.1 Å². The van der Waals surface area contributed by atoms with Crippen LogP contribution in [-0.2, 0) is 21.4 Å². The van der Waals surface area contributed by atoms with Gasteiger partial charge in [-0.3, -0.25) is 4.79 Å². The second-order valence-electron chi connectivity index (χ2n) is 6.83. The molecule has 0 aliphatic rings. The van der Waals surface area contributed by atoms with Crippen LogP contribution in [0.25, 0.3) is 0 Å². The number of anilines is 1. The van der Waals surface area contributed by atoms with Crippen molar-refractivity contribution in [2.75, 3.05) is 26.1 Å². The Morgan fingerprint density at radius 3 is 2.31 bits per heavy atom. The highest BCUT2D eigenvalue weighted by atomic mass is 32.2. The first kappa shape index (κ1) is 23.2. The number of methoxy groups -OCH3 is 2. The molecule has 0 fully saturated rings. The van der Waals surface area contributed by atoms with Crippen molar-refractivity contribution >= 4 is 21.6 Å². The lowest BCUT2D eigenvalue weighted by Crippen LogP contribution is -2.37. The van der Waals surface area contributed by atoms with Gasteiger partial charge in [-0.15, -0.1) is 0 Å². The van der Waals surface area contributed by atoms with Crippen LogP contribution < -0.4 is 14.8 Å². The monoisotopic (exact) mass is 458 g/mol. The highest BCUT2D eigenvalue weighted by Crippen LogP contribution is 2.31. The Balaban J connectivity index is 1.91. The van der Waals surface area contributed by atoms with Gasteiger partial charge in [0.1, 0.15) is 5.82 Å². The Hall–Kier alpha value is -3.43. The normalized spacial score (nSPS) is 11.2. The van der Waals surface area contributed by atoms with Gasteiger partial charge in [0.25, 0.3) is 0 Å². The Morgan fingerprint density at radius 2 is 1.66 bits per heavy atom. The van der Waals surface area contributed by atoms with Crippen molar-refractivity contribution in [3.63, 3.8) is 0 Å². The number of ether oxygens (including phenoxy) is 2. The Kier molecular flexibility index (Phi) is 7.45. The summed E-state index contributed by atoms with van der Waals surface area (Å²) in [7, 11) is -1.24. The van der Waals surface area contributed by atoms with Crippen LogP contribution in [-0.4, -0.2) is 39.4 Å². The van der Waals surface area contributed by atoms with Gasteiger partial charge in [0.2, 0.25) is 15.9 Å². The quantitative estimate of drug-likeness (QED) is 0.529. The molecule has 32 heavy (non-hydrogen) atoms. The van der Waals surface area contributed by atoms with Gasteiger partial charge < -0.3 is 14.8 Å². The van der Waals surface area contributed by atoms with Crippen LogP contribution in [0.15, 0.2) is 77.7 Å². The zero-order chi connectivity index (χ0) is 23.1. The maximum atomic E-state index is 13.4. The second kappa shape index (κ2) is 10.3. The summed E-state index contributed by atoms with van der Waals surface area (Å²) in [5.74, 6) is -0.486. The molecule has 3 rings (SSSR count). The maximum absolute atomic E-state index is 13.4. The number of rotatable bonds is 9. The van der Waals surface area contributed by atoms with E-state index in [4.69, 9.17) is 9.47 Å². The number of carbonyl (C=O) groups is 1. The van der Waals surface area contributed by atoms with Crippen molar-refractivity contribution in [1.82, 2.24) is 4.31 Å². The lowest BCUT2D eigenvalue weighted by Gasteiger charge is -2.22. The topological polar surface area (TPSA) is 84.9 Å². The highest BCUT2D eigenvalue weighted by Gasteiger charge is 2.28. The number of amides is 1. The van der Waals surface area contributed by atoms with Gasteiger partial charge in [0, 0.05) is 18.3 Å². The summed E-state index contributed by atoms with van der Waals surface area (Å²) in [5.41, 5.74) is 0.938. The molecule has 0 radical (unpaired) electrons. The molecule has 0 spiro atoms. The molecule has 0 bridgehead atoms. The minimum atomic E-state index is -4.09. The van der Waals surface area contributed by atoms with E-state index in [1.165, 1.54) is 50.6 Å². The van der Waals surface area contributed by atoms with Gasteiger partial charge in [0.05, 0.1) is 25.7 Å². The average Bonchev–Trinajstić information content (AvgIpc) is 2.78. The predicted octanol–water partition coefficient (Wildman–Crippen LogP) is 3.67. The van der Waals surface area contributed by atoms with Crippen LogP contribution in [0.3, 0.4) is 0 Å². The van der Waals surface area contributed by atoms with Crippen LogP contribution in [0, 0.1) is 5.82 Å². The second-order valence-corrected chi connectivity index (χ2v) is 8.77. The molecule has 3 aromatic carbocycles. The minimum absolute atomic E-state index is 0.0336. The molecule has 7 nitrogen and oxygen atoms in total. The summed E-state index contributed by atoms with van der Waals surface area (Å²) in [6.45, 7) is -0.504. The third kappa shape index (κ3) is 5.63. The van der Waals surface area contributed by atoms with E-state index in [-0.39, 0.29) is 22.9 Å². The fraction of sp³-hybridized carbons (Fsp3) is 0.174. The molecule has 3 aromatic rings. The summed E-state index contributed by atoms with van der Waals surface area (Å²) in [4.78, 5) is 12.6. The fourth-order valence-electron chi connectivity index (χ4n) is 3.07. The van der Waals surface area contributed by atoms with E-state index in [1.54, 1.807) is 24.3 Å². The lowest BCUT2D eigenvalue weighted by atomic mass is 10.2. The SMILES string of the molecule is COc1ccc(S(=O)(=O)N(CC(=O)Nc2cccc(F)c2)Cc2ccccc2)cc1OC. The third-order valence-corrected chi connectivity index (χ3v) is 6.41. The van der Waals surface area contributed by atoms with Gasteiger partial charge in [-0.2, -0.15) is 4.31 Å². The van der Waals surface area contributed by atoms with Crippen molar-refractivity contribution in [1.29, 1.82) is 0 Å². The highest BCUT2D eigenvalue weighted by molar-refractivity contribution is 7.89. The number of nitrogens with one attached hydrogen (secondary N) is 1. The third-order valence-electron chi connectivity index (χ3n) is 4.62. The van der Waals surface area contributed by atoms with Gasteiger partial charge >= 0.3 is 0 Å². The zero-order valence-corrected chi connectivity index (χ0v) is 18.4. The van der Waals surface area contributed by atoms with Crippen molar-refractivity contribution in [2.24, 2.45) is 0 Å². The molecule has 0 atom stereocenters. The lowest BCUT2D eigenvalue weighted by molar-refractivity contribution is -0.116. The molecular formula is C23H23FN2O5S. The van der Waals surface area contributed by atoms with E-state index >= 15 is 0 Å². The predicted molar refractivity (Wildman–Crippen MR) is 119 cm³/mol. The molecule has 0 saturated carbocycles. The summed E-state index contributed by atoms with van der Waals surface area (Å²) in [6, 6.07) is 18.5. The van der Waals surface area contributed by atoms with Gasteiger partial charge in [-0.1, -0.05) is 36.4 Å². The van der Waals surface area contributed by atoms with Crippen molar-refractivity contribution in [2.45, 2.75) is 11.4 Å². The number of hydrogen-bond donors (Lipinski definition) is 1. The summed E-state index contributed by atoms with van der Waals surface area (Å²) < 4.78 is 51.7. The van der Waals surface area contributed by atoms with E-state index in [9.17, 15) is 17.6 Å². The largest absolute Gasteiger partial charge is 0.493 e. The van der Waals surface area contributed by atoms with Crippen LogP contribution >= 0.6 is 0 Å². The number of carbonyl (C=O) groups excluding carboxylic acids is 1. The van der Waals surface area contributed by atoms with Crippen LogP contribution in [0.2, 0.25) is 0 Å². The Labute approximate surface area is 186 Å². The maximum Gasteiger partial charge on any atom is 0.243 e. The smallest absolute Gasteiger partial charge is 0.243 e. The molecule has 9 heteroatoms. The minimum Gasteiger partial charge on any atom is -0.493 e. The van der Waals surface area contributed by atoms with Crippen LogP contribution in [0.1, 0.15) is 5.56 Å². The van der Waals surface area contributed by atoms with Crippen molar-refractivity contribution in [3.8, 4) is 11.5 Å².